The molecule has 4 heteroatoms. The highest BCUT2D eigenvalue weighted by molar-refractivity contribution is 6.31. The zero-order valence-electron chi connectivity index (χ0n) is 9.97. The Hall–Kier alpha value is -0.610. The maximum absolute atomic E-state index is 10.3. The SMILES string of the molecule is CCN1CCOC(C(O)c2ccccc2Cl)C1. The Morgan fingerprint density at radius 2 is 2.29 bits per heavy atom. The third-order valence-corrected chi connectivity index (χ3v) is 3.55. The molecule has 0 aromatic heterocycles. The highest BCUT2D eigenvalue weighted by Gasteiger charge is 2.28. The van der Waals surface area contributed by atoms with E-state index in [1.54, 1.807) is 6.07 Å². The summed E-state index contributed by atoms with van der Waals surface area (Å²) >= 11 is 6.08. The van der Waals surface area contributed by atoms with Crippen molar-refractivity contribution < 1.29 is 9.84 Å². The Morgan fingerprint density at radius 3 is 3.00 bits per heavy atom. The number of morpholine rings is 1. The number of hydrogen-bond acceptors (Lipinski definition) is 3. The summed E-state index contributed by atoms with van der Waals surface area (Å²) in [5.74, 6) is 0. The molecule has 2 atom stereocenters. The van der Waals surface area contributed by atoms with E-state index >= 15 is 0 Å². The first-order chi connectivity index (χ1) is 8.22. The van der Waals surface area contributed by atoms with Crippen LogP contribution in [0.1, 0.15) is 18.6 Å². The molecular formula is C13H18ClNO2. The van der Waals surface area contributed by atoms with Gasteiger partial charge in [-0.3, -0.25) is 4.90 Å². The Balaban J connectivity index is 2.09. The van der Waals surface area contributed by atoms with Gasteiger partial charge >= 0.3 is 0 Å². The lowest BCUT2D eigenvalue weighted by Crippen LogP contribution is -2.44. The second-order valence-corrected chi connectivity index (χ2v) is 4.68. The smallest absolute Gasteiger partial charge is 0.108 e. The largest absolute Gasteiger partial charge is 0.386 e. The van der Waals surface area contributed by atoms with E-state index in [0.29, 0.717) is 11.6 Å². The number of likely N-dealkylation sites (N-methyl/N-ethyl adjacent to an activating group) is 1. The molecule has 0 spiro atoms. The first-order valence-electron chi connectivity index (χ1n) is 5.98. The number of hydrogen-bond donors (Lipinski definition) is 1. The van der Waals surface area contributed by atoms with Gasteiger partial charge in [-0.15, -0.1) is 0 Å². The Labute approximate surface area is 107 Å². The van der Waals surface area contributed by atoms with Crippen molar-refractivity contribution in [3.63, 3.8) is 0 Å². The molecular weight excluding hydrogens is 238 g/mol. The molecule has 1 N–H and O–H groups in total. The van der Waals surface area contributed by atoms with Crippen LogP contribution in [0.2, 0.25) is 5.02 Å². The molecule has 1 aromatic rings. The first-order valence-corrected chi connectivity index (χ1v) is 6.36. The van der Waals surface area contributed by atoms with Crippen LogP contribution in [0.4, 0.5) is 0 Å². The normalized spacial score (nSPS) is 23.6. The average molecular weight is 256 g/mol. The van der Waals surface area contributed by atoms with E-state index in [9.17, 15) is 5.11 Å². The van der Waals surface area contributed by atoms with E-state index in [2.05, 4.69) is 11.8 Å². The van der Waals surface area contributed by atoms with Gasteiger partial charge in [0.1, 0.15) is 12.2 Å². The molecule has 0 radical (unpaired) electrons. The zero-order valence-corrected chi connectivity index (χ0v) is 10.7. The van der Waals surface area contributed by atoms with Gasteiger partial charge in [-0.1, -0.05) is 36.7 Å². The molecule has 2 unspecified atom stereocenters. The van der Waals surface area contributed by atoms with Crippen LogP contribution in [-0.4, -0.2) is 42.4 Å². The topological polar surface area (TPSA) is 32.7 Å². The molecule has 0 amide bonds. The molecule has 1 fully saturated rings. The van der Waals surface area contributed by atoms with Crippen LogP contribution in [-0.2, 0) is 4.74 Å². The minimum absolute atomic E-state index is 0.191. The van der Waals surface area contributed by atoms with E-state index in [4.69, 9.17) is 16.3 Å². The van der Waals surface area contributed by atoms with E-state index in [-0.39, 0.29) is 6.10 Å². The minimum Gasteiger partial charge on any atom is -0.386 e. The maximum Gasteiger partial charge on any atom is 0.108 e. The van der Waals surface area contributed by atoms with Crippen LogP contribution >= 0.6 is 11.6 Å². The summed E-state index contributed by atoms with van der Waals surface area (Å²) in [4.78, 5) is 2.27. The van der Waals surface area contributed by atoms with E-state index in [1.807, 2.05) is 18.2 Å². The standard InChI is InChI=1S/C13H18ClNO2/c1-2-15-7-8-17-12(9-15)13(16)10-5-3-4-6-11(10)14/h3-6,12-13,16H,2,7-9H2,1H3. The molecule has 1 heterocycles. The van der Waals surface area contributed by atoms with Crippen LogP contribution in [0.3, 0.4) is 0 Å². The molecule has 3 nitrogen and oxygen atoms in total. The minimum atomic E-state index is -0.655. The van der Waals surface area contributed by atoms with E-state index < -0.39 is 6.10 Å². The summed E-state index contributed by atoms with van der Waals surface area (Å²) in [5, 5.41) is 10.9. The van der Waals surface area contributed by atoms with Gasteiger partial charge in [-0.05, 0) is 12.6 Å². The van der Waals surface area contributed by atoms with Crippen molar-refractivity contribution >= 4 is 11.6 Å². The lowest BCUT2D eigenvalue weighted by molar-refractivity contribution is -0.0888. The van der Waals surface area contributed by atoms with Crippen molar-refractivity contribution in [3.05, 3.63) is 34.9 Å². The Morgan fingerprint density at radius 1 is 1.53 bits per heavy atom. The number of aliphatic hydroxyl groups is 1. The lowest BCUT2D eigenvalue weighted by Gasteiger charge is -2.34. The molecule has 1 aromatic carbocycles. The maximum atomic E-state index is 10.3. The highest BCUT2D eigenvalue weighted by Crippen LogP contribution is 2.27. The van der Waals surface area contributed by atoms with Gasteiger partial charge in [0.25, 0.3) is 0 Å². The number of halogens is 1. The van der Waals surface area contributed by atoms with Crippen LogP contribution < -0.4 is 0 Å². The second-order valence-electron chi connectivity index (χ2n) is 4.27. The fraction of sp³-hybridized carbons (Fsp3) is 0.538. The summed E-state index contributed by atoms with van der Waals surface area (Å²) in [5.41, 5.74) is 0.747. The van der Waals surface area contributed by atoms with Crippen LogP contribution in [0, 0.1) is 0 Å². The predicted octanol–water partition coefficient (Wildman–Crippen LogP) is 2.09. The number of ether oxygens (including phenoxy) is 1. The van der Waals surface area contributed by atoms with Crippen molar-refractivity contribution in [1.82, 2.24) is 4.90 Å². The average Bonchev–Trinajstić information content (AvgIpc) is 2.38. The van der Waals surface area contributed by atoms with Gasteiger partial charge in [-0.25, -0.2) is 0 Å². The third-order valence-electron chi connectivity index (χ3n) is 3.20. The first kappa shape index (κ1) is 12.8. The summed E-state index contributed by atoms with van der Waals surface area (Å²) in [6.07, 6.45) is -0.846. The van der Waals surface area contributed by atoms with Crippen LogP contribution in [0.5, 0.6) is 0 Å². The van der Waals surface area contributed by atoms with E-state index in [1.165, 1.54) is 0 Å². The molecule has 0 bridgehead atoms. The van der Waals surface area contributed by atoms with Gasteiger partial charge in [-0.2, -0.15) is 0 Å². The molecule has 1 aliphatic heterocycles. The monoisotopic (exact) mass is 255 g/mol. The predicted molar refractivity (Wildman–Crippen MR) is 68.3 cm³/mol. The fourth-order valence-corrected chi connectivity index (χ4v) is 2.37. The zero-order chi connectivity index (χ0) is 12.3. The highest BCUT2D eigenvalue weighted by atomic mass is 35.5. The van der Waals surface area contributed by atoms with Crippen LogP contribution in [0.15, 0.2) is 24.3 Å². The molecule has 1 aliphatic rings. The van der Waals surface area contributed by atoms with Gasteiger partial charge in [0.15, 0.2) is 0 Å². The molecule has 17 heavy (non-hydrogen) atoms. The molecule has 94 valence electrons. The summed E-state index contributed by atoms with van der Waals surface area (Å²) in [7, 11) is 0. The molecule has 0 aliphatic carbocycles. The van der Waals surface area contributed by atoms with Crippen molar-refractivity contribution in [2.24, 2.45) is 0 Å². The van der Waals surface area contributed by atoms with Crippen LogP contribution in [0.25, 0.3) is 0 Å². The number of nitrogens with zero attached hydrogens (tertiary/aromatic N) is 1. The molecule has 2 rings (SSSR count). The summed E-state index contributed by atoms with van der Waals surface area (Å²) in [6, 6.07) is 7.38. The van der Waals surface area contributed by atoms with Crippen molar-refractivity contribution in [1.29, 1.82) is 0 Å². The molecule has 0 saturated carbocycles. The summed E-state index contributed by atoms with van der Waals surface area (Å²) in [6.45, 7) is 5.45. The van der Waals surface area contributed by atoms with Crippen molar-refractivity contribution in [2.45, 2.75) is 19.1 Å². The van der Waals surface area contributed by atoms with Gasteiger partial charge in [0.2, 0.25) is 0 Å². The molecule has 1 saturated heterocycles. The second kappa shape index (κ2) is 5.83. The Bertz CT molecular complexity index is 372. The number of benzene rings is 1. The Kier molecular flexibility index (Phi) is 4.40. The van der Waals surface area contributed by atoms with Gasteiger partial charge < -0.3 is 9.84 Å². The lowest BCUT2D eigenvalue weighted by atomic mass is 10.0. The quantitative estimate of drug-likeness (QED) is 0.898. The number of aliphatic hydroxyl groups excluding tert-OH is 1. The van der Waals surface area contributed by atoms with Crippen molar-refractivity contribution in [3.8, 4) is 0 Å². The summed E-state index contributed by atoms with van der Waals surface area (Å²) < 4.78 is 5.63. The van der Waals surface area contributed by atoms with Gasteiger partial charge in [0.05, 0.1) is 6.61 Å². The van der Waals surface area contributed by atoms with E-state index in [0.717, 1.165) is 25.2 Å². The van der Waals surface area contributed by atoms with Gasteiger partial charge in [0, 0.05) is 23.7 Å². The van der Waals surface area contributed by atoms with Crippen molar-refractivity contribution in [2.75, 3.05) is 26.2 Å². The fourth-order valence-electron chi connectivity index (χ4n) is 2.13. The third kappa shape index (κ3) is 2.99. The number of rotatable bonds is 3.